The highest BCUT2D eigenvalue weighted by molar-refractivity contribution is 7.92. The summed E-state index contributed by atoms with van der Waals surface area (Å²) < 4.78 is 24.7. The molecule has 0 fully saturated rings. The number of nitrogens with two attached hydrogens (primary N) is 1. The van der Waals surface area contributed by atoms with Gasteiger partial charge >= 0.3 is 0 Å². The van der Waals surface area contributed by atoms with Crippen LogP contribution >= 0.6 is 11.3 Å². The molecule has 0 aliphatic rings. The van der Waals surface area contributed by atoms with Gasteiger partial charge in [-0.15, -0.1) is 11.3 Å². The van der Waals surface area contributed by atoms with Gasteiger partial charge in [0.25, 0.3) is 5.91 Å². The van der Waals surface area contributed by atoms with Gasteiger partial charge in [-0.25, -0.2) is 17.7 Å². The van der Waals surface area contributed by atoms with E-state index in [1.807, 2.05) is 30.3 Å². The number of aromatic nitrogens is 1. The SMILES string of the molecule is C[C@@H](C(=O)NCc1ccccc1)[C@@H](O)[C@H](O)[C@H](Cc1ccccc1)NC(=O)c1cc(C(=O)c2csc(N(C)S(C)(=O)=O)n2)ccc1C(N)=O. The molecule has 6 N–H and O–H groups in total. The first-order valence-electron chi connectivity index (χ1n) is 15.1. The summed E-state index contributed by atoms with van der Waals surface area (Å²) in [4.78, 5) is 56.5. The van der Waals surface area contributed by atoms with E-state index in [0.29, 0.717) is 5.56 Å². The average molecular weight is 708 g/mol. The molecule has 0 unspecified atom stereocenters. The van der Waals surface area contributed by atoms with Crippen molar-refractivity contribution in [3.63, 3.8) is 0 Å². The Hall–Kier alpha value is -4.96. The van der Waals surface area contributed by atoms with Gasteiger partial charge in [-0.05, 0) is 29.7 Å². The van der Waals surface area contributed by atoms with Crippen molar-refractivity contribution in [2.75, 3.05) is 17.6 Å². The van der Waals surface area contributed by atoms with Crippen LogP contribution in [0.15, 0.2) is 84.2 Å². The Balaban J connectivity index is 1.59. The molecular weight excluding hydrogens is 671 g/mol. The van der Waals surface area contributed by atoms with Gasteiger partial charge in [-0.2, -0.15) is 0 Å². The number of carbonyl (C=O) groups is 4. The number of aliphatic hydroxyl groups excluding tert-OH is 2. The number of thiazole rings is 1. The molecule has 0 bridgehead atoms. The van der Waals surface area contributed by atoms with Crippen molar-refractivity contribution in [2.24, 2.45) is 11.7 Å². The average Bonchev–Trinajstić information content (AvgIpc) is 3.59. The van der Waals surface area contributed by atoms with Crippen LogP contribution in [0.25, 0.3) is 0 Å². The Labute approximate surface area is 287 Å². The molecule has 1 heterocycles. The summed E-state index contributed by atoms with van der Waals surface area (Å²) in [7, 11) is -2.34. The zero-order valence-corrected chi connectivity index (χ0v) is 28.6. The van der Waals surface area contributed by atoms with Crippen LogP contribution < -0.4 is 20.7 Å². The first-order valence-corrected chi connectivity index (χ1v) is 17.8. The van der Waals surface area contributed by atoms with Crippen molar-refractivity contribution in [1.82, 2.24) is 15.6 Å². The second kappa shape index (κ2) is 16.0. The standard InChI is InChI=1S/C34H37N5O8S2/c1-20(32(44)36-18-22-12-8-5-9-13-22)28(40)30(42)26(16-21-10-6-4-7-11-21)37-33(45)25-17-23(14-15-24(25)31(35)43)29(41)27-19-48-34(38-27)39(2)49(3,46)47/h4-15,17,19-20,26,28,30,40,42H,16,18H2,1-3H3,(H2,35,43)(H,36,44)(H,37,45)/t20-,26+,28-,30-/m1/s1. The minimum absolute atomic E-state index is 0.0309. The number of amides is 3. The molecule has 15 heteroatoms. The monoisotopic (exact) mass is 707 g/mol. The predicted octanol–water partition coefficient (Wildman–Crippen LogP) is 1.88. The summed E-state index contributed by atoms with van der Waals surface area (Å²) in [6.45, 7) is 1.66. The lowest BCUT2D eigenvalue weighted by molar-refractivity contribution is -0.131. The van der Waals surface area contributed by atoms with Gasteiger partial charge in [0, 0.05) is 24.5 Å². The normalized spacial score (nSPS) is 13.8. The predicted molar refractivity (Wildman–Crippen MR) is 185 cm³/mol. The van der Waals surface area contributed by atoms with E-state index in [1.165, 1.54) is 31.5 Å². The number of sulfonamides is 1. The fourth-order valence-electron chi connectivity index (χ4n) is 4.90. The third-order valence-electron chi connectivity index (χ3n) is 7.90. The number of carbonyl (C=O) groups excluding carboxylic acids is 4. The van der Waals surface area contributed by atoms with Crippen LogP contribution in [0.4, 0.5) is 5.13 Å². The van der Waals surface area contributed by atoms with Gasteiger partial charge in [0.2, 0.25) is 27.6 Å². The molecule has 0 aliphatic heterocycles. The molecule has 4 rings (SSSR count). The van der Waals surface area contributed by atoms with Crippen molar-refractivity contribution in [2.45, 2.75) is 38.1 Å². The molecule has 13 nitrogen and oxygen atoms in total. The Morgan fingerprint density at radius 3 is 2.12 bits per heavy atom. The number of ketones is 1. The van der Waals surface area contributed by atoms with Crippen LogP contribution in [0.5, 0.6) is 0 Å². The maximum absolute atomic E-state index is 13.8. The minimum atomic E-state index is -3.63. The third-order valence-corrected chi connectivity index (χ3v) is 10.1. The minimum Gasteiger partial charge on any atom is -0.390 e. The van der Waals surface area contributed by atoms with Crippen LogP contribution in [-0.4, -0.2) is 78.7 Å². The van der Waals surface area contributed by atoms with Crippen LogP contribution in [0.3, 0.4) is 0 Å². The van der Waals surface area contributed by atoms with E-state index >= 15 is 0 Å². The molecule has 0 saturated carbocycles. The van der Waals surface area contributed by atoms with Crippen molar-refractivity contribution in [3.05, 3.63) is 118 Å². The van der Waals surface area contributed by atoms with Crippen molar-refractivity contribution >= 4 is 50.0 Å². The molecule has 4 aromatic rings. The fraction of sp³-hybridized carbons (Fsp3) is 0.265. The summed E-state index contributed by atoms with van der Waals surface area (Å²) in [6, 6.07) is 20.4. The lowest BCUT2D eigenvalue weighted by atomic mass is 9.90. The summed E-state index contributed by atoms with van der Waals surface area (Å²) in [6.07, 6.45) is -2.24. The molecule has 258 valence electrons. The second-order valence-corrected chi connectivity index (χ2v) is 14.3. The van der Waals surface area contributed by atoms with Gasteiger partial charge in [0.15, 0.2) is 5.13 Å². The van der Waals surface area contributed by atoms with E-state index in [9.17, 15) is 37.8 Å². The van der Waals surface area contributed by atoms with Crippen LogP contribution in [0.1, 0.15) is 54.8 Å². The molecule has 49 heavy (non-hydrogen) atoms. The maximum Gasteiger partial charge on any atom is 0.252 e. The molecule has 3 amide bonds. The second-order valence-electron chi connectivity index (χ2n) is 11.4. The highest BCUT2D eigenvalue weighted by Gasteiger charge is 2.35. The summed E-state index contributed by atoms with van der Waals surface area (Å²) in [5.74, 6) is -4.09. The molecule has 1 aromatic heterocycles. The lowest BCUT2D eigenvalue weighted by Gasteiger charge is -2.31. The molecule has 4 atom stereocenters. The number of benzene rings is 3. The Kier molecular flexibility index (Phi) is 12.0. The zero-order chi connectivity index (χ0) is 35.9. The lowest BCUT2D eigenvalue weighted by Crippen LogP contribution is -2.53. The van der Waals surface area contributed by atoms with E-state index < -0.39 is 57.7 Å². The van der Waals surface area contributed by atoms with E-state index in [4.69, 9.17) is 5.73 Å². The number of primary amides is 1. The molecular formula is C34H37N5O8S2. The third kappa shape index (κ3) is 9.35. The van der Waals surface area contributed by atoms with Gasteiger partial charge in [-0.3, -0.25) is 19.2 Å². The van der Waals surface area contributed by atoms with E-state index in [2.05, 4.69) is 15.6 Å². The number of hydrogen-bond donors (Lipinski definition) is 5. The van der Waals surface area contributed by atoms with Crippen molar-refractivity contribution in [1.29, 1.82) is 0 Å². The van der Waals surface area contributed by atoms with Crippen molar-refractivity contribution < 1.29 is 37.8 Å². The number of hydrogen-bond acceptors (Lipinski definition) is 10. The van der Waals surface area contributed by atoms with Gasteiger partial charge in [-0.1, -0.05) is 73.7 Å². The van der Waals surface area contributed by atoms with E-state index in [-0.39, 0.29) is 40.5 Å². The largest absolute Gasteiger partial charge is 0.390 e. The number of anilines is 1. The van der Waals surface area contributed by atoms with Crippen molar-refractivity contribution in [3.8, 4) is 0 Å². The molecule has 0 aliphatic carbocycles. The number of aliphatic hydroxyl groups is 2. The number of nitrogens with one attached hydrogen (secondary N) is 2. The highest BCUT2D eigenvalue weighted by Crippen LogP contribution is 2.24. The zero-order valence-electron chi connectivity index (χ0n) is 26.9. The topological polar surface area (TPSA) is 209 Å². The van der Waals surface area contributed by atoms with Gasteiger partial charge < -0.3 is 26.6 Å². The first-order chi connectivity index (χ1) is 23.2. The molecule has 0 spiro atoms. The highest BCUT2D eigenvalue weighted by atomic mass is 32.2. The number of nitrogens with zero attached hydrogens (tertiary/aromatic N) is 2. The van der Waals surface area contributed by atoms with E-state index in [1.54, 1.807) is 30.3 Å². The van der Waals surface area contributed by atoms with Gasteiger partial charge in [0.1, 0.15) is 11.8 Å². The smallest absolute Gasteiger partial charge is 0.252 e. The first kappa shape index (κ1) is 36.9. The van der Waals surface area contributed by atoms with Crippen LogP contribution in [0.2, 0.25) is 0 Å². The van der Waals surface area contributed by atoms with Gasteiger partial charge in [0.05, 0.1) is 35.4 Å². The quantitative estimate of drug-likeness (QED) is 0.114. The summed E-state index contributed by atoms with van der Waals surface area (Å²) in [5, 5.41) is 29.3. The summed E-state index contributed by atoms with van der Waals surface area (Å²) in [5.41, 5.74) is 6.47. The molecule has 0 radical (unpaired) electrons. The number of rotatable bonds is 15. The Morgan fingerprint density at radius 2 is 1.53 bits per heavy atom. The van der Waals surface area contributed by atoms with Crippen LogP contribution in [-0.2, 0) is 27.8 Å². The Bertz CT molecular complexity index is 1920. The molecule has 3 aromatic carbocycles. The maximum atomic E-state index is 13.8. The van der Waals surface area contributed by atoms with Crippen LogP contribution in [0, 0.1) is 5.92 Å². The van der Waals surface area contributed by atoms with E-state index in [0.717, 1.165) is 33.5 Å². The summed E-state index contributed by atoms with van der Waals surface area (Å²) >= 11 is 0.929. The molecule has 0 saturated heterocycles. The Morgan fingerprint density at radius 1 is 0.918 bits per heavy atom. The fourth-order valence-corrected chi connectivity index (χ4v) is 6.43.